The van der Waals surface area contributed by atoms with Crippen LogP contribution in [0.3, 0.4) is 0 Å². The van der Waals surface area contributed by atoms with Gasteiger partial charge in [0.15, 0.2) is 9.84 Å². The van der Waals surface area contributed by atoms with Gasteiger partial charge in [-0.2, -0.15) is 0 Å². The molecular formula is C18H12N2O5S2. The van der Waals surface area contributed by atoms with Crippen LogP contribution >= 0.6 is 11.8 Å². The first-order chi connectivity index (χ1) is 12.8. The molecule has 7 nitrogen and oxygen atoms in total. The summed E-state index contributed by atoms with van der Waals surface area (Å²) in [6, 6.07) is 8.15. The number of nitrogens with one attached hydrogen (secondary N) is 1. The largest absolute Gasteiger partial charge is 0.456 e. The van der Waals surface area contributed by atoms with Crippen LogP contribution in [-0.2, 0) is 14.6 Å². The van der Waals surface area contributed by atoms with E-state index in [4.69, 9.17) is 4.42 Å². The van der Waals surface area contributed by atoms with Crippen molar-refractivity contribution in [3.8, 4) is 11.1 Å². The zero-order valence-corrected chi connectivity index (χ0v) is 15.6. The normalized spacial score (nSPS) is 16.3. The number of rotatable bonds is 3. The fourth-order valence-corrected chi connectivity index (χ4v) is 3.98. The fraction of sp³-hybridized carbons (Fsp3) is 0.0556. The summed E-state index contributed by atoms with van der Waals surface area (Å²) in [5, 5.41) is 2.49. The third kappa shape index (κ3) is 3.38. The molecule has 3 heterocycles. The van der Waals surface area contributed by atoms with E-state index in [0.29, 0.717) is 16.9 Å². The van der Waals surface area contributed by atoms with Crippen LogP contribution in [0.2, 0.25) is 0 Å². The van der Waals surface area contributed by atoms with Crippen molar-refractivity contribution in [2.45, 2.75) is 4.90 Å². The number of thioether (sulfide) groups is 1. The summed E-state index contributed by atoms with van der Waals surface area (Å²) in [5.41, 5.74) is 1.99. The molecule has 9 heteroatoms. The lowest BCUT2D eigenvalue weighted by atomic mass is 10.1. The Kier molecular flexibility index (Phi) is 4.12. The minimum atomic E-state index is -3.28. The predicted molar refractivity (Wildman–Crippen MR) is 102 cm³/mol. The number of carbonyl (C=O) groups excluding carboxylic acids is 2. The summed E-state index contributed by atoms with van der Waals surface area (Å²) < 4.78 is 29.1. The van der Waals surface area contributed by atoms with Crippen LogP contribution < -0.4 is 5.32 Å². The number of hydrogen-bond acceptors (Lipinski definition) is 7. The van der Waals surface area contributed by atoms with Gasteiger partial charge in [-0.05, 0) is 35.5 Å². The molecular weight excluding hydrogens is 388 g/mol. The molecule has 2 amide bonds. The molecule has 4 rings (SSSR count). The molecule has 3 aromatic rings. The Balaban J connectivity index is 1.77. The molecule has 0 saturated carbocycles. The van der Waals surface area contributed by atoms with Crippen molar-refractivity contribution in [2.75, 3.05) is 6.26 Å². The monoisotopic (exact) mass is 400 g/mol. The van der Waals surface area contributed by atoms with Crippen LogP contribution in [0.5, 0.6) is 0 Å². The predicted octanol–water partition coefficient (Wildman–Crippen LogP) is 3.22. The van der Waals surface area contributed by atoms with Gasteiger partial charge in [-0.3, -0.25) is 19.9 Å². The van der Waals surface area contributed by atoms with E-state index in [-0.39, 0.29) is 9.80 Å². The molecule has 0 radical (unpaired) electrons. The van der Waals surface area contributed by atoms with Gasteiger partial charge in [0.05, 0.1) is 9.80 Å². The maximum Gasteiger partial charge on any atom is 0.290 e. The molecule has 0 aliphatic carbocycles. The maximum atomic E-state index is 11.7. The van der Waals surface area contributed by atoms with Gasteiger partial charge >= 0.3 is 0 Å². The lowest BCUT2D eigenvalue weighted by Crippen LogP contribution is -2.17. The molecule has 0 bridgehead atoms. The van der Waals surface area contributed by atoms with Gasteiger partial charge in [-0.25, -0.2) is 8.42 Å². The van der Waals surface area contributed by atoms with Crippen LogP contribution in [0.15, 0.2) is 56.9 Å². The highest BCUT2D eigenvalue weighted by Gasteiger charge is 2.25. The second-order valence-corrected chi connectivity index (χ2v) is 8.93. The van der Waals surface area contributed by atoms with Crippen molar-refractivity contribution in [3.63, 3.8) is 0 Å². The first-order valence-electron chi connectivity index (χ1n) is 7.74. The number of pyridine rings is 1. The first-order valence-corrected chi connectivity index (χ1v) is 10.4. The lowest BCUT2D eigenvalue weighted by molar-refractivity contribution is -0.115. The van der Waals surface area contributed by atoms with Gasteiger partial charge in [-0.15, -0.1) is 0 Å². The Morgan fingerprint density at radius 1 is 1.15 bits per heavy atom. The molecule has 1 aromatic carbocycles. The van der Waals surface area contributed by atoms with E-state index in [1.54, 1.807) is 30.6 Å². The molecule has 27 heavy (non-hydrogen) atoms. The number of hydrogen-bond donors (Lipinski definition) is 1. The van der Waals surface area contributed by atoms with Crippen LogP contribution in [-0.4, -0.2) is 30.8 Å². The average Bonchev–Trinajstić information content (AvgIpc) is 3.16. The van der Waals surface area contributed by atoms with Crippen LogP contribution in [0.1, 0.15) is 5.76 Å². The number of sulfone groups is 1. The van der Waals surface area contributed by atoms with Gasteiger partial charge in [0.2, 0.25) is 0 Å². The highest BCUT2D eigenvalue weighted by Crippen LogP contribution is 2.33. The molecule has 2 aromatic heterocycles. The SMILES string of the molecule is CS(=O)(=O)c1ccc(-c2cncc3cc(C=C4SC(=O)NC4=O)oc23)cc1. The molecule has 0 spiro atoms. The number of amides is 2. The van der Waals surface area contributed by atoms with E-state index >= 15 is 0 Å². The van der Waals surface area contributed by atoms with Crippen molar-refractivity contribution in [3.05, 3.63) is 53.4 Å². The van der Waals surface area contributed by atoms with E-state index in [0.717, 1.165) is 29.0 Å². The molecule has 0 atom stereocenters. The van der Waals surface area contributed by atoms with Crippen molar-refractivity contribution < 1.29 is 22.4 Å². The van der Waals surface area contributed by atoms with Gasteiger partial charge in [0.1, 0.15) is 11.3 Å². The average molecular weight is 400 g/mol. The molecule has 1 fully saturated rings. The highest BCUT2D eigenvalue weighted by molar-refractivity contribution is 8.18. The smallest absolute Gasteiger partial charge is 0.290 e. The third-order valence-electron chi connectivity index (χ3n) is 3.95. The number of aromatic nitrogens is 1. The summed E-state index contributed by atoms with van der Waals surface area (Å²) in [6.07, 6.45) is 5.90. The summed E-state index contributed by atoms with van der Waals surface area (Å²) in [4.78, 5) is 27.6. The van der Waals surface area contributed by atoms with Crippen molar-refractivity contribution in [1.29, 1.82) is 0 Å². The van der Waals surface area contributed by atoms with Crippen LogP contribution in [0.4, 0.5) is 4.79 Å². The van der Waals surface area contributed by atoms with Crippen molar-refractivity contribution >= 4 is 49.8 Å². The number of fused-ring (bicyclic) bond motifs is 1. The summed E-state index contributed by atoms with van der Waals surface area (Å²) >= 11 is 0.812. The molecule has 136 valence electrons. The molecule has 0 unspecified atom stereocenters. The second kappa shape index (κ2) is 6.36. The van der Waals surface area contributed by atoms with E-state index in [9.17, 15) is 18.0 Å². The minimum absolute atomic E-state index is 0.227. The minimum Gasteiger partial charge on any atom is -0.456 e. The number of furan rings is 1. The Morgan fingerprint density at radius 3 is 2.52 bits per heavy atom. The zero-order valence-electron chi connectivity index (χ0n) is 13.9. The Labute approximate surface area is 158 Å². The third-order valence-corrected chi connectivity index (χ3v) is 5.89. The number of imide groups is 1. The number of nitrogens with zero attached hydrogens (tertiary/aromatic N) is 1. The standard InChI is InChI=1S/C18H12N2O5S2/c1-27(23,24)13-4-2-10(3-5-13)14-9-19-8-11-6-12(25-16(11)14)7-15-17(21)20-18(22)26-15/h2-9H,1H3,(H,20,21,22). The van der Waals surface area contributed by atoms with Gasteiger partial charge in [0.25, 0.3) is 11.1 Å². The first kappa shape index (κ1) is 17.5. The maximum absolute atomic E-state index is 11.7. The molecule has 1 saturated heterocycles. The molecule has 1 N–H and O–H groups in total. The zero-order chi connectivity index (χ0) is 19.2. The Bertz CT molecular complexity index is 1220. The summed E-state index contributed by atoms with van der Waals surface area (Å²) in [6.45, 7) is 0. The second-order valence-electron chi connectivity index (χ2n) is 5.90. The van der Waals surface area contributed by atoms with Gasteiger partial charge < -0.3 is 4.42 Å². The number of carbonyl (C=O) groups is 2. The molecule has 1 aliphatic rings. The topological polar surface area (TPSA) is 106 Å². The van der Waals surface area contributed by atoms with E-state index in [1.807, 2.05) is 0 Å². The quantitative estimate of drug-likeness (QED) is 0.673. The van der Waals surface area contributed by atoms with Crippen LogP contribution in [0.25, 0.3) is 28.2 Å². The van der Waals surface area contributed by atoms with Gasteiger partial charge in [0, 0.05) is 35.7 Å². The molecule has 1 aliphatic heterocycles. The summed E-state index contributed by atoms with van der Waals surface area (Å²) in [5.74, 6) is -0.0421. The Hall–Kier alpha value is -2.91. The summed E-state index contributed by atoms with van der Waals surface area (Å²) in [7, 11) is -3.28. The Morgan fingerprint density at radius 2 is 1.89 bits per heavy atom. The van der Waals surface area contributed by atoms with E-state index < -0.39 is 21.0 Å². The van der Waals surface area contributed by atoms with Crippen molar-refractivity contribution in [1.82, 2.24) is 10.3 Å². The lowest BCUT2D eigenvalue weighted by Gasteiger charge is -2.03. The van der Waals surface area contributed by atoms with Crippen LogP contribution in [0, 0.1) is 0 Å². The van der Waals surface area contributed by atoms with E-state index in [1.165, 1.54) is 18.2 Å². The van der Waals surface area contributed by atoms with E-state index in [2.05, 4.69) is 10.3 Å². The highest BCUT2D eigenvalue weighted by atomic mass is 32.2. The van der Waals surface area contributed by atoms with Crippen molar-refractivity contribution in [2.24, 2.45) is 0 Å². The van der Waals surface area contributed by atoms with Gasteiger partial charge in [-0.1, -0.05) is 12.1 Å². The fourth-order valence-electron chi connectivity index (χ4n) is 2.69. The number of benzene rings is 1.